The van der Waals surface area contributed by atoms with E-state index in [4.69, 9.17) is 17.3 Å². The predicted molar refractivity (Wildman–Crippen MR) is 148 cm³/mol. The fourth-order valence-corrected chi connectivity index (χ4v) is 4.49. The number of rotatable bonds is 7. The molecule has 0 fully saturated rings. The molecule has 4 N–H and O–H groups in total. The first-order valence-electron chi connectivity index (χ1n) is 11.1. The van der Waals surface area contributed by atoms with Gasteiger partial charge < -0.3 is 16.4 Å². The summed E-state index contributed by atoms with van der Waals surface area (Å²) in [6.07, 6.45) is 0. The highest BCUT2D eigenvalue weighted by molar-refractivity contribution is 9.09. The Morgan fingerprint density at radius 1 is 1.06 bits per heavy atom. The van der Waals surface area contributed by atoms with E-state index in [1.807, 2.05) is 36.4 Å². The smallest absolute Gasteiger partial charge is 0.258 e. The first-order valence-corrected chi connectivity index (χ1v) is 12.6. The minimum absolute atomic E-state index is 0.0342. The third-order valence-corrected chi connectivity index (χ3v) is 6.67. The van der Waals surface area contributed by atoms with Crippen molar-refractivity contribution in [3.05, 3.63) is 88.9 Å². The third kappa shape index (κ3) is 4.87. The van der Waals surface area contributed by atoms with Crippen LogP contribution in [0.25, 0.3) is 11.3 Å². The molecule has 36 heavy (non-hydrogen) atoms. The van der Waals surface area contributed by atoms with Crippen LogP contribution in [0.4, 0.5) is 17.1 Å². The van der Waals surface area contributed by atoms with Gasteiger partial charge in [0.1, 0.15) is 5.54 Å². The minimum atomic E-state index is -1.23. The summed E-state index contributed by atoms with van der Waals surface area (Å²) in [5.41, 5.74) is 8.86. The fraction of sp³-hybridized carbons (Fsp3) is 0.148. The number of hydrogen-bond donors (Lipinski definition) is 3. The lowest BCUT2D eigenvalue weighted by Gasteiger charge is -2.35. The molecule has 9 heteroatoms. The normalized spacial score (nSPS) is 14.1. The molecule has 4 rings (SSSR count). The lowest BCUT2D eigenvalue weighted by Crippen LogP contribution is -2.56. The van der Waals surface area contributed by atoms with Gasteiger partial charge in [0, 0.05) is 22.0 Å². The Morgan fingerprint density at radius 3 is 2.33 bits per heavy atom. The molecular formula is C27H24BrClN4O3. The molecule has 0 unspecified atom stereocenters. The zero-order valence-corrected chi connectivity index (χ0v) is 22.0. The molecule has 0 saturated carbocycles. The van der Waals surface area contributed by atoms with E-state index >= 15 is 0 Å². The maximum atomic E-state index is 13.0. The van der Waals surface area contributed by atoms with Crippen LogP contribution < -0.4 is 21.3 Å². The maximum Gasteiger partial charge on any atom is 0.258 e. The quantitative estimate of drug-likeness (QED) is 0.267. The molecule has 0 aliphatic carbocycles. The number of carbonyl (C=O) groups excluding carboxylic acids is 3. The number of nitrogens with zero attached hydrogens (tertiary/aromatic N) is 1. The molecule has 0 radical (unpaired) electrons. The van der Waals surface area contributed by atoms with Gasteiger partial charge in [0.15, 0.2) is 0 Å². The Balaban J connectivity index is 1.77. The maximum absolute atomic E-state index is 13.0. The van der Waals surface area contributed by atoms with Crippen LogP contribution in [0.2, 0.25) is 5.02 Å². The van der Waals surface area contributed by atoms with Crippen LogP contribution in [0.5, 0.6) is 0 Å². The first-order chi connectivity index (χ1) is 17.1. The van der Waals surface area contributed by atoms with Crippen molar-refractivity contribution in [2.45, 2.75) is 19.4 Å². The van der Waals surface area contributed by atoms with Crippen molar-refractivity contribution >= 4 is 73.6 Å². The third-order valence-electron chi connectivity index (χ3n) is 5.96. The SMILES string of the molecule is CC(C)(C(N)=O)N(C(=O)CBr)c1ccc(N/C(=C2\C(=O)Nc3cc(Cl)ccc32)c2ccccc2)cc1. The molecule has 3 aromatic rings. The summed E-state index contributed by atoms with van der Waals surface area (Å²) in [4.78, 5) is 39.1. The van der Waals surface area contributed by atoms with Crippen LogP contribution >= 0.6 is 27.5 Å². The Morgan fingerprint density at radius 2 is 1.72 bits per heavy atom. The van der Waals surface area contributed by atoms with Gasteiger partial charge in [-0.15, -0.1) is 0 Å². The van der Waals surface area contributed by atoms with Crippen LogP contribution in [0, 0.1) is 0 Å². The first kappa shape index (κ1) is 25.5. The number of hydrogen-bond acceptors (Lipinski definition) is 4. The highest BCUT2D eigenvalue weighted by Gasteiger charge is 2.37. The second-order valence-electron chi connectivity index (χ2n) is 8.72. The minimum Gasteiger partial charge on any atom is -0.368 e. The largest absolute Gasteiger partial charge is 0.368 e. The van der Waals surface area contributed by atoms with E-state index in [-0.39, 0.29) is 17.1 Å². The molecule has 1 heterocycles. The molecule has 3 aromatic carbocycles. The lowest BCUT2D eigenvalue weighted by atomic mass is 9.99. The number of carbonyl (C=O) groups is 3. The second kappa shape index (κ2) is 10.2. The van der Waals surface area contributed by atoms with Crippen molar-refractivity contribution in [3.63, 3.8) is 0 Å². The topological polar surface area (TPSA) is 105 Å². The average molecular weight is 568 g/mol. The van der Waals surface area contributed by atoms with Crippen molar-refractivity contribution in [1.82, 2.24) is 0 Å². The van der Waals surface area contributed by atoms with Gasteiger partial charge in [-0.3, -0.25) is 19.3 Å². The van der Waals surface area contributed by atoms with Gasteiger partial charge in [0.2, 0.25) is 11.8 Å². The van der Waals surface area contributed by atoms with E-state index in [9.17, 15) is 14.4 Å². The van der Waals surface area contributed by atoms with Crippen LogP contribution in [0.15, 0.2) is 72.8 Å². The molecule has 0 bridgehead atoms. The average Bonchev–Trinajstić information content (AvgIpc) is 3.18. The molecule has 7 nitrogen and oxygen atoms in total. The molecule has 1 aliphatic heterocycles. The van der Waals surface area contributed by atoms with Crippen molar-refractivity contribution in [2.24, 2.45) is 5.73 Å². The second-order valence-corrected chi connectivity index (χ2v) is 9.72. The molecular weight excluding hydrogens is 544 g/mol. The van der Waals surface area contributed by atoms with Crippen molar-refractivity contribution in [3.8, 4) is 0 Å². The number of amides is 3. The highest BCUT2D eigenvalue weighted by atomic mass is 79.9. The van der Waals surface area contributed by atoms with Gasteiger partial charge in [-0.05, 0) is 55.8 Å². The van der Waals surface area contributed by atoms with Crippen molar-refractivity contribution < 1.29 is 14.4 Å². The number of primary amides is 1. The summed E-state index contributed by atoms with van der Waals surface area (Å²) >= 11 is 9.31. The molecule has 0 spiro atoms. The number of fused-ring (bicyclic) bond motifs is 1. The number of nitrogens with two attached hydrogens (primary N) is 1. The number of benzene rings is 3. The molecule has 0 aromatic heterocycles. The molecule has 0 atom stereocenters. The summed E-state index contributed by atoms with van der Waals surface area (Å²) in [5.74, 6) is -1.17. The Kier molecular flexibility index (Phi) is 7.19. The van der Waals surface area contributed by atoms with Gasteiger partial charge in [0.05, 0.1) is 22.3 Å². The van der Waals surface area contributed by atoms with E-state index in [1.54, 1.807) is 50.2 Å². The Hall–Kier alpha value is -3.62. The van der Waals surface area contributed by atoms with Gasteiger partial charge in [-0.1, -0.05) is 63.9 Å². The number of halogens is 2. The predicted octanol–water partition coefficient (Wildman–Crippen LogP) is 5.26. The summed E-state index contributed by atoms with van der Waals surface area (Å²) in [7, 11) is 0. The van der Waals surface area contributed by atoms with Gasteiger partial charge in [0.25, 0.3) is 5.91 Å². The number of alkyl halides is 1. The summed E-state index contributed by atoms with van der Waals surface area (Å²) in [6, 6.07) is 21.8. The number of anilines is 3. The Labute approximate surface area is 222 Å². The summed E-state index contributed by atoms with van der Waals surface area (Å²) in [6.45, 7) is 3.20. The molecule has 0 saturated heterocycles. The van der Waals surface area contributed by atoms with Crippen LogP contribution in [-0.2, 0) is 14.4 Å². The van der Waals surface area contributed by atoms with E-state index in [0.717, 1.165) is 11.1 Å². The number of nitrogens with one attached hydrogen (secondary N) is 2. The van der Waals surface area contributed by atoms with E-state index in [2.05, 4.69) is 26.6 Å². The molecule has 184 valence electrons. The fourth-order valence-electron chi connectivity index (χ4n) is 4.06. The molecule has 3 amide bonds. The lowest BCUT2D eigenvalue weighted by molar-refractivity contribution is -0.126. The van der Waals surface area contributed by atoms with Crippen LogP contribution in [0.3, 0.4) is 0 Å². The van der Waals surface area contributed by atoms with Crippen LogP contribution in [0.1, 0.15) is 25.0 Å². The zero-order valence-electron chi connectivity index (χ0n) is 19.6. The summed E-state index contributed by atoms with van der Waals surface area (Å²) in [5, 5.41) is 6.82. The molecule has 1 aliphatic rings. The Bertz CT molecular complexity index is 1370. The van der Waals surface area contributed by atoms with E-state index < -0.39 is 11.4 Å². The van der Waals surface area contributed by atoms with Crippen LogP contribution in [-0.4, -0.2) is 28.6 Å². The summed E-state index contributed by atoms with van der Waals surface area (Å²) < 4.78 is 0. The van der Waals surface area contributed by atoms with E-state index in [0.29, 0.717) is 33.4 Å². The van der Waals surface area contributed by atoms with Gasteiger partial charge in [-0.2, -0.15) is 0 Å². The van der Waals surface area contributed by atoms with Gasteiger partial charge in [-0.25, -0.2) is 0 Å². The van der Waals surface area contributed by atoms with E-state index in [1.165, 1.54) is 4.90 Å². The van der Waals surface area contributed by atoms with Gasteiger partial charge >= 0.3 is 0 Å². The standard InChI is InChI=1S/C27H24BrClN4O3/c1-27(2,26(30)36)33(22(34)15-28)19-11-9-18(10-12-19)31-24(16-6-4-3-5-7-16)23-20-13-8-17(29)14-21(20)32-25(23)35/h3-14,31H,15H2,1-2H3,(H2,30,36)(H,32,35)/b24-23-. The monoisotopic (exact) mass is 566 g/mol. The van der Waals surface area contributed by atoms with Crippen molar-refractivity contribution in [2.75, 3.05) is 20.9 Å². The zero-order chi connectivity index (χ0) is 26.0. The van der Waals surface area contributed by atoms with Crippen molar-refractivity contribution in [1.29, 1.82) is 0 Å². The highest BCUT2D eigenvalue weighted by Crippen LogP contribution is 2.39.